The van der Waals surface area contributed by atoms with Crippen LogP contribution in [0.25, 0.3) is 0 Å². The van der Waals surface area contributed by atoms with E-state index in [-0.39, 0.29) is 6.03 Å². The molecule has 1 aromatic rings. The van der Waals surface area contributed by atoms with E-state index in [0.717, 1.165) is 18.5 Å². The van der Waals surface area contributed by atoms with E-state index in [4.69, 9.17) is 0 Å². The normalized spacial score (nSPS) is 18.7. The highest BCUT2D eigenvalue weighted by atomic mass is 16.2. The summed E-state index contributed by atoms with van der Waals surface area (Å²) in [5.74, 6) is 0.621. The molecule has 0 saturated heterocycles. The average Bonchev–Trinajstić information content (AvgIpc) is 2.80. The topological polar surface area (TPSA) is 59.0 Å². The van der Waals surface area contributed by atoms with Crippen LogP contribution in [0.2, 0.25) is 0 Å². The van der Waals surface area contributed by atoms with Gasteiger partial charge in [0.15, 0.2) is 5.82 Å². The second-order valence-electron chi connectivity index (χ2n) is 6.85. The lowest BCUT2D eigenvalue weighted by molar-refractivity contribution is 0.246. The Morgan fingerprint density at radius 2 is 1.57 bits per heavy atom. The Bertz CT molecular complexity index is 452. The summed E-state index contributed by atoms with van der Waals surface area (Å²) < 4.78 is 1.77. The van der Waals surface area contributed by atoms with Gasteiger partial charge in [-0.25, -0.2) is 4.79 Å². The van der Waals surface area contributed by atoms with Gasteiger partial charge in [0.05, 0.1) is 0 Å². The molecule has 5 nitrogen and oxygen atoms in total. The highest BCUT2D eigenvalue weighted by Crippen LogP contribution is 2.17. The molecular formula is C18H32N4O. The van der Waals surface area contributed by atoms with Gasteiger partial charge < -0.3 is 5.32 Å². The largest absolute Gasteiger partial charge is 0.335 e. The van der Waals surface area contributed by atoms with Crippen LogP contribution in [-0.4, -0.2) is 21.9 Å². The van der Waals surface area contributed by atoms with E-state index in [1.807, 2.05) is 20.0 Å². The molecule has 2 rings (SSSR count). The van der Waals surface area contributed by atoms with Gasteiger partial charge in [0, 0.05) is 24.8 Å². The summed E-state index contributed by atoms with van der Waals surface area (Å²) in [5, 5.41) is 10.3. The minimum atomic E-state index is -0.125. The average molecular weight is 320 g/mol. The molecule has 0 aromatic carbocycles. The van der Waals surface area contributed by atoms with E-state index in [2.05, 4.69) is 15.7 Å². The van der Waals surface area contributed by atoms with Gasteiger partial charge in [0.1, 0.15) is 0 Å². The quantitative estimate of drug-likeness (QED) is 0.841. The smallest absolute Gasteiger partial charge is 0.320 e. The number of anilines is 1. The van der Waals surface area contributed by atoms with Crippen molar-refractivity contribution in [2.75, 3.05) is 5.32 Å². The third kappa shape index (κ3) is 6.63. The van der Waals surface area contributed by atoms with Gasteiger partial charge >= 0.3 is 6.03 Å². The predicted octanol–water partition coefficient (Wildman–Crippen LogP) is 4.52. The third-order valence-corrected chi connectivity index (χ3v) is 4.80. The minimum Gasteiger partial charge on any atom is -0.335 e. The molecule has 0 unspecified atom stereocenters. The maximum Gasteiger partial charge on any atom is 0.320 e. The zero-order valence-corrected chi connectivity index (χ0v) is 14.7. The molecule has 1 fully saturated rings. The predicted molar refractivity (Wildman–Crippen MR) is 94.7 cm³/mol. The molecule has 0 bridgehead atoms. The number of aryl methyl sites for hydroxylation is 2. The molecule has 130 valence electrons. The first kappa shape index (κ1) is 17.8. The van der Waals surface area contributed by atoms with Crippen molar-refractivity contribution in [1.29, 1.82) is 0 Å². The number of carbonyl (C=O) groups is 1. The summed E-state index contributed by atoms with van der Waals surface area (Å²) in [5.41, 5.74) is 1.03. The van der Waals surface area contributed by atoms with Gasteiger partial charge in [0.25, 0.3) is 0 Å². The fraction of sp³-hybridized carbons (Fsp3) is 0.778. The third-order valence-electron chi connectivity index (χ3n) is 4.80. The van der Waals surface area contributed by atoms with Crippen LogP contribution >= 0.6 is 0 Å². The number of rotatable bonds is 2. The summed E-state index contributed by atoms with van der Waals surface area (Å²) in [6, 6.07) is 2.06. The van der Waals surface area contributed by atoms with Gasteiger partial charge in [-0.1, -0.05) is 57.8 Å². The van der Waals surface area contributed by atoms with Crippen molar-refractivity contribution >= 4 is 11.8 Å². The molecule has 1 aliphatic carbocycles. The number of aromatic nitrogens is 2. The second kappa shape index (κ2) is 9.58. The van der Waals surface area contributed by atoms with Crippen LogP contribution < -0.4 is 10.6 Å². The SMILES string of the molecule is Cc1cc(NC(=O)NC2CCCCCCCCCCC2)nn1C. The maximum absolute atomic E-state index is 12.2. The molecule has 0 spiro atoms. The Kier molecular flexibility index (Phi) is 7.43. The van der Waals surface area contributed by atoms with Gasteiger partial charge in [-0.3, -0.25) is 10.00 Å². The Morgan fingerprint density at radius 3 is 2.04 bits per heavy atom. The van der Waals surface area contributed by atoms with Crippen LogP contribution in [0.4, 0.5) is 10.6 Å². The lowest BCUT2D eigenvalue weighted by Crippen LogP contribution is -2.38. The molecule has 0 radical (unpaired) electrons. The molecule has 23 heavy (non-hydrogen) atoms. The highest BCUT2D eigenvalue weighted by Gasteiger charge is 2.13. The first-order chi connectivity index (χ1) is 11.1. The highest BCUT2D eigenvalue weighted by molar-refractivity contribution is 5.88. The standard InChI is InChI=1S/C18H32N4O/c1-15-14-17(21-22(15)2)20-18(23)19-16-12-10-8-6-4-3-5-7-9-11-13-16/h14,16H,3-13H2,1-2H3,(H2,19,20,21,23). The van der Waals surface area contributed by atoms with Crippen molar-refractivity contribution in [3.05, 3.63) is 11.8 Å². The van der Waals surface area contributed by atoms with Gasteiger partial charge in [-0.15, -0.1) is 0 Å². The summed E-state index contributed by atoms with van der Waals surface area (Å²) in [4.78, 5) is 12.2. The van der Waals surface area contributed by atoms with Crippen LogP contribution in [0.5, 0.6) is 0 Å². The Hall–Kier alpha value is -1.52. The summed E-state index contributed by atoms with van der Waals surface area (Å²) in [6.45, 7) is 1.98. The van der Waals surface area contributed by atoms with E-state index < -0.39 is 0 Å². The van der Waals surface area contributed by atoms with E-state index in [9.17, 15) is 4.79 Å². The number of amides is 2. The van der Waals surface area contributed by atoms with Crippen molar-refractivity contribution in [3.8, 4) is 0 Å². The van der Waals surface area contributed by atoms with Crippen LogP contribution in [0, 0.1) is 6.92 Å². The van der Waals surface area contributed by atoms with Crippen molar-refractivity contribution in [3.63, 3.8) is 0 Å². The lowest BCUT2D eigenvalue weighted by atomic mass is 9.98. The molecule has 1 saturated carbocycles. The molecule has 0 aliphatic heterocycles. The maximum atomic E-state index is 12.2. The summed E-state index contributed by atoms with van der Waals surface area (Å²) in [6.07, 6.45) is 14.0. The molecule has 1 aromatic heterocycles. The van der Waals surface area contributed by atoms with E-state index in [1.165, 1.54) is 57.8 Å². The van der Waals surface area contributed by atoms with Gasteiger partial charge in [-0.2, -0.15) is 5.10 Å². The van der Waals surface area contributed by atoms with Gasteiger partial charge in [-0.05, 0) is 19.8 Å². The van der Waals surface area contributed by atoms with Crippen molar-refractivity contribution in [2.24, 2.45) is 7.05 Å². The number of carbonyl (C=O) groups excluding carboxylic acids is 1. The number of urea groups is 1. The summed E-state index contributed by atoms with van der Waals surface area (Å²) in [7, 11) is 1.88. The second-order valence-corrected chi connectivity index (χ2v) is 6.85. The van der Waals surface area contributed by atoms with Crippen LogP contribution in [0.3, 0.4) is 0 Å². The molecule has 2 amide bonds. The molecular weight excluding hydrogens is 288 g/mol. The number of nitrogens with one attached hydrogen (secondary N) is 2. The van der Waals surface area contributed by atoms with Crippen LogP contribution in [0.15, 0.2) is 6.07 Å². The molecule has 5 heteroatoms. The molecule has 1 aliphatic rings. The lowest BCUT2D eigenvalue weighted by Gasteiger charge is -2.19. The Morgan fingerprint density at radius 1 is 1.04 bits per heavy atom. The zero-order valence-electron chi connectivity index (χ0n) is 14.7. The van der Waals surface area contributed by atoms with Crippen molar-refractivity contribution < 1.29 is 4.79 Å². The fourth-order valence-electron chi connectivity index (χ4n) is 3.27. The van der Waals surface area contributed by atoms with E-state index >= 15 is 0 Å². The number of hydrogen-bond acceptors (Lipinski definition) is 2. The Balaban J connectivity index is 1.80. The van der Waals surface area contributed by atoms with Crippen molar-refractivity contribution in [1.82, 2.24) is 15.1 Å². The minimum absolute atomic E-state index is 0.125. The van der Waals surface area contributed by atoms with E-state index in [1.54, 1.807) is 4.68 Å². The Labute approximate surface area is 140 Å². The van der Waals surface area contributed by atoms with Crippen LogP contribution in [-0.2, 0) is 7.05 Å². The molecule has 0 atom stereocenters. The monoisotopic (exact) mass is 320 g/mol. The molecule has 1 heterocycles. The summed E-state index contributed by atoms with van der Waals surface area (Å²) >= 11 is 0. The molecule has 2 N–H and O–H groups in total. The zero-order chi connectivity index (χ0) is 16.5. The van der Waals surface area contributed by atoms with E-state index in [0.29, 0.717) is 11.9 Å². The number of nitrogens with zero attached hydrogens (tertiary/aromatic N) is 2. The fourth-order valence-corrected chi connectivity index (χ4v) is 3.27. The number of hydrogen-bond donors (Lipinski definition) is 2. The first-order valence-electron chi connectivity index (χ1n) is 9.23. The van der Waals surface area contributed by atoms with Crippen molar-refractivity contribution in [2.45, 2.75) is 83.6 Å². The van der Waals surface area contributed by atoms with Crippen LogP contribution in [0.1, 0.15) is 76.3 Å². The first-order valence-corrected chi connectivity index (χ1v) is 9.23. The van der Waals surface area contributed by atoms with Gasteiger partial charge in [0.2, 0.25) is 0 Å².